The zero-order valence-corrected chi connectivity index (χ0v) is 15.3. The lowest BCUT2D eigenvalue weighted by Gasteiger charge is -2.06. The molecule has 7 heteroatoms. The average Bonchev–Trinajstić information content (AvgIpc) is 3.03. The van der Waals surface area contributed by atoms with Crippen LogP contribution < -0.4 is 15.4 Å². The predicted molar refractivity (Wildman–Crippen MR) is 104 cm³/mol. The molecule has 0 bridgehead atoms. The van der Waals surface area contributed by atoms with Crippen molar-refractivity contribution >= 4 is 23.2 Å². The topological polar surface area (TPSA) is 85.2 Å². The van der Waals surface area contributed by atoms with E-state index in [1.165, 1.54) is 6.92 Å². The number of ether oxygens (including phenoxy) is 1. The number of carbonyl (C=O) groups excluding carboxylic acids is 2. The summed E-state index contributed by atoms with van der Waals surface area (Å²) >= 11 is 0. The van der Waals surface area contributed by atoms with Crippen molar-refractivity contribution in [3.63, 3.8) is 0 Å². The molecule has 138 valence electrons. The Hall–Kier alpha value is -3.61. The molecule has 0 atom stereocenters. The number of methoxy groups -OCH3 is 1. The lowest BCUT2D eigenvalue weighted by atomic mass is 10.1. The summed E-state index contributed by atoms with van der Waals surface area (Å²) in [7, 11) is 3.39. The van der Waals surface area contributed by atoms with Crippen molar-refractivity contribution in [3.8, 4) is 17.0 Å². The van der Waals surface area contributed by atoms with Gasteiger partial charge in [-0.15, -0.1) is 0 Å². The van der Waals surface area contributed by atoms with Gasteiger partial charge in [-0.1, -0.05) is 18.2 Å². The molecule has 7 nitrogen and oxygen atoms in total. The van der Waals surface area contributed by atoms with Crippen LogP contribution in [0.5, 0.6) is 5.75 Å². The van der Waals surface area contributed by atoms with E-state index in [1.807, 2.05) is 24.3 Å². The van der Waals surface area contributed by atoms with Gasteiger partial charge in [0.1, 0.15) is 5.75 Å². The molecule has 3 aromatic rings. The summed E-state index contributed by atoms with van der Waals surface area (Å²) < 4.78 is 6.90. The fourth-order valence-corrected chi connectivity index (χ4v) is 2.70. The van der Waals surface area contributed by atoms with Gasteiger partial charge in [-0.05, 0) is 36.4 Å². The van der Waals surface area contributed by atoms with Crippen LogP contribution >= 0.6 is 0 Å². The standard InChI is InChI=1S/C20H20N4O3/c1-13(25)21-15-7-5-8-16(11-15)22-20(26)18-12-19(24(2)23-18)14-6-4-9-17(10-14)27-3/h4-12H,1-3H3,(H,21,25)(H,22,26). The van der Waals surface area contributed by atoms with Gasteiger partial charge in [0, 0.05) is 30.9 Å². The normalized spacial score (nSPS) is 10.3. The first-order valence-corrected chi connectivity index (χ1v) is 8.34. The minimum Gasteiger partial charge on any atom is -0.497 e. The third kappa shape index (κ3) is 4.33. The first-order valence-electron chi connectivity index (χ1n) is 8.34. The van der Waals surface area contributed by atoms with Crippen LogP contribution in [-0.4, -0.2) is 28.7 Å². The summed E-state index contributed by atoms with van der Waals surface area (Å²) in [6.45, 7) is 1.43. The first kappa shape index (κ1) is 18.2. The number of nitrogens with zero attached hydrogens (tertiary/aromatic N) is 2. The fraction of sp³-hybridized carbons (Fsp3) is 0.150. The second-order valence-electron chi connectivity index (χ2n) is 5.99. The molecule has 2 N–H and O–H groups in total. The maximum absolute atomic E-state index is 12.6. The van der Waals surface area contributed by atoms with E-state index in [9.17, 15) is 9.59 Å². The smallest absolute Gasteiger partial charge is 0.276 e. The van der Waals surface area contributed by atoms with Gasteiger partial charge < -0.3 is 15.4 Å². The van der Waals surface area contributed by atoms with Gasteiger partial charge in [0.15, 0.2) is 5.69 Å². The van der Waals surface area contributed by atoms with Gasteiger partial charge in [0.2, 0.25) is 5.91 Å². The summed E-state index contributed by atoms with van der Waals surface area (Å²) in [6.07, 6.45) is 0. The highest BCUT2D eigenvalue weighted by molar-refractivity contribution is 6.04. The molecule has 0 spiro atoms. The number of carbonyl (C=O) groups is 2. The van der Waals surface area contributed by atoms with E-state index >= 15 is 0 Å². The Labute approximate surface area is 157 Å². The molecule has 0 fully saturated rings. The van der Waals surface area contributed by atoms with E-state index in [2.05, 4.69) is 15.7 Å². The number of hydrogen-bond donors (Lipinski definition) is 2. The Balaban J connectivity index is 1.81. The number of amides is 2. The number of aryl methyl sites for hydroxylation is 1. The third-order valence-electron chi connectivity index (χ3n) is 3.92. The third-order valence-corrected chi connectivity index (χ3v) is 3.92. The summed E-state index contributed by atoms with van der Waals surface area (Å²) in [6, 6.07) is 16.2. The van der Waals surface area contributed by atoms with E-state index in [1.54, 1.807) is 49.2 Å². The van der Waals surface area contributed by atoms with Gasteiger partial charge >= 0.3 is 0 Å². The molecule has 0 aliphatic carbocycles. The molecule has 1 aromatic heterocycles. The summed E-state index contributed by atoms with van der Waals surface area (Å²) in [5.41, 5.74) is 3.17. The predicted octanol–water partition coefficient (Wildman–Crippen LogP) is 3.31. The minimum atomic E-state index is -0.334. The van der Waals surface area contributed by atoms with Crippen LogP contribution in [0.2, 0.25) is 0 Å². The van der Waals surface area contributed by atoms with Crippen molar-refractivity contribution in [2.24, 2.45) is 7.05 Å². The first-order chi connectivity index (χ1) is 13.0. The van der Waals surface area contributed by atoms with E-state index in [-0.39, 0.29) is 11.8 Å². The summed E-state index contributed by atoms with van der Waals surface area (Å²) in [4.78, 5) is 23.7. The fourth-order valence-electron chi connectivity index (χ4n) is 2.70. The minimum absolute atomic E-state index is 0.175. The van der Waals surface area contributed by atoms with Crippen LogP contribution in [0.25, 0.3) is 11.3 Å². The van der Waals surface area contributed by atoms with Crippen LogP contribution in [0.15, 0.2) is 54.6 Å². The molecular formula is C20H20N4O3. The maximum atomic E-state index is 12.6. The van der Waals surface area contributed by atoms with Gasteiger partial charge in [-0.2, -0.15) is 5.10 Å². The maximum Gasteiger partial charge on any atom is 0.276 e. The molecule has 27 heavy (non-hydrogen) atoms. The molecular weight excluding hydrogens is 344 g/mol. The molecule has 0 aliphatic rings. The number of anilines is 2. The zero-order valence-electron chi connectivity index (χ0n) is 15.3. The van der Waals surface area contributed by atoms with Crippen LogP contribution in [0, 0.1) is 0 Å². The van der Waals surface area contributed by atoms with E-state index < -0.39 is 0 Å². The van der Waals surface area contributed by atoms with Gasteiger partial charge in [-0.25, -0.2) is 0 Å². The van der Waals surface area contributed by atoms with Crippen LogP contribution in [0.4, 0.5) is 11.4 Å². The zero-order chi connectivity index (χ0) is 19.4. The largest absolute Gasteiger partial charge is 0.497 e. The number of hydrogen-bond acceptors (Lipinski definition) is 4. The van der Waals surface area contributed by atoms with E-state index in [4.69, 9.17) is 4.74 Å². The number of rotatable bonds is 5. The second-order valence-corrected chi connectivity index (χ2v) is 5.99. The van der Waals surface area contributed by atoms with E-state index in [0.29, 0.717) is 17.1 Å². The van der Waals surface area contributed by atoms with Gasteiger partial charge in [-0.3, -0.25) is 14.3 Å². The second kappa shape index (κ2) is 7.74. The number of aromatic nitrogens is 2. The Morgan fingerprint density at radius 1 is 1.00 bits per heavy atom. The quantitative estimate of drug-likeness (QED) is 0.727. The molecule has 2 aromatic carbocycles. The lowest BCUT2D eigenvalue weighted by molar-refractivity contribution is -0.114. The highest BCUT2D eigenvalue weighted by atomic mass is 16.5. The van der Waals surface area contributed by atoms with Crippen molar-refractivity contribution < 1.29 is 14.3 Å². The van der Waals surface area contributed by atoms with Crippen LogP contribution in [0.1, 0.15) is 17.4 Å². The SMILES string of the molecule is COc1cccc(-c2cc(C(=O)Nc3cccc(NC(C)=O)c3)nn2C)c1. The van der Waals surface area contributed by atoms with Crippen molar-refractivity contribution in [2.75, 3.05) is 17.7 Å². The molecule has 0 radical (unpaired) electrons. The molecule has 0 saturated heterocycles. The Kier molecular flexibility index (Phi) is 5.21. The monoisotopic (exact) mass is 364 g/mol. The summed E-state index contributed by atoms with van der Waals surface area (Å²) in [5.74, 6) is 0.223. The lowest BCUT2D eigenvalue weighted by Crippen LogP contribution is -2.13. The molecule has 0 saturated carbocycles. The van der Waals surface area contributed by atoms with Crippen molar-refractivity contribution in [1.82, 2.24) is 9.78 Å². The molecule has 1 heterocycles. The molecule has 2 amide bonds. The molecule has 3 rings (SSSR count). The van der Waals surface area contributed by atoms with Crippen molar-refractivity contribution in [2.45, 2.75) is 6.92 Å². The Bertz CT molecular complexity index is 994. The summed E-state index contributed by atoms with van der Waals surface area (Å²) in [5, 5.41) is 9.78. The Morgan fingerprint density at radius 3 is 2.41 bits per heavy atom. The number of nitrogens with one attached hydrogen (secondary N) is 2. The average molecular weight is 364 g/mol. The van der Waals surface area contributed by atoms with Gasteiger partial charge in [0.25, 0.3) is 5.91 Å². The van der Waals surface area contributed by atoms with Crippen LogP contribution in [0.3, 0.4) is 0 Å². The van der Waals surface area contributed by atoms with Crippen LogP contribution in [-0.2, 0) is 11.8 Å². The van der Waals surface area contributed by atoms with E-state index in [0.717, 1.165) is 17.0 Å². The van der Waals surface area contributed by atoms with Crippen molar-refractivity contribution in [1.29, 1.82) is 0 Å². The highest BCUT2D eigenvalue weighted by Crippen LogP contribution is 2.24. The van der Waals surface area contributed by atoms with Crippen molar-refractivity contribution in [3.05, 3.63) is 60.3 Å². The molecule has 0 unspecified atom stereocenters. The Morgan fingerprint density at radius 2 is 1.70 bits per heavy atom. The van der Waals surface area contributed by atoms with Gasteiger partial charge in [0.05, 0.1) is 12.8 Å². The highest BCUT2D eigenvalue weighted by Gasteiger charge is 2.15. The molecule has 0 aliphatic heterocycles. The number of benzene rings is 2.